The lowest BCUT2D eigenvalue weighted by Crippen LogP contribution is -2.30. The maximum absolute atomic E-state index is 12.8. The van der Waals surface area contributed by atoms with Crippen molar-refractivity contribution in [2.45, 2.75) is 137 Å². The summed E-state index contributed by atoms with van der Waals surface area (Å²) in [6, 6.07) is 14.2. The van der Waals surface area contributed by atoms with E-state index < -0.39 is 12.2 Å². The molecule has 0 heterocycles. The van der Waals surface area contributed by atoms with Crippen LogP contribution in [0.5, 0.6) is 11.5 Å². The van der Waals surface area contributed by atoms with Gasteiger partial charge >= 0.3 is 11.9 Å². The Morgan fingerprint density at radius 2 is 0.980 bits per heavy atom. The van der Waals surface area contributed by atoms with Gasteiger partial charge in [0.1, 0.15) is 24.7 Å². The molecule has 0 spiro atoms. The van der Waals surface area contributed by atoms with E-state index in [4.69, 9.17) is 28.4 Å². The van der Waals surface area contributed by atoms with E-state index in [0.717, 1.165) is 104 Å². The van der Waals surface area contributed by atoms with Crippen molar-refractivity contribution in [2.75, 3.05) is 39.6 Å². The highest BCUT2D eigenvalue weighted by Crippen LogP contribution is 2.43. The smallest absolute Gasteiger partial charge is 0.306 e. The Morgan fingerprint density at radius 1 is 0.529 bits per heavy atom. The Kier molecular flexibility index (Phi) is 20.4. The quantitative estimate of drug-likeness (QED) is 0.0418. The second-order valence-corrected chi connectivity index (χ2v) is 13.6. The van der Waals surface area contributed by atoms with Gasteiger partial charge in [0.25, 0.3) is 0 Å². The largest absolute Gasteiger partial charge is 0.488 e. The SMILES string of the molecule is CCCCCCC(=O)OC(COCCCC)COc1c2ccccc2c(OCC(COCCCC)OC(=O)CCCCCC)c2cc(C)ccc12. The summed E-state index contributed by atoms with van der Waals surface area (Å²) in [4.78, 5) is 25.6. The van der Waals surface area contributed by atoms with Gasteiger partial charge in [-0.3, -0.25) is 9.59 Å². The minimum Gasteiger partial charge on any atom is -0.488 e. The molecular formula is C43H64O8. The van der Waals surface area contributed by atoms with E-state index in [2.05, 4.69) is 39.8 Å². The lowest BCUT2D eigenvalue weighted by Gasteiger charge is -2.23. The van der Waals surface area contributed by atoms with Gasteiger partial charge in [0.2, 0.25) is 0 Å². The second kappa shape index (κ2) is 24.8. The molecule has 284 valence electrons. The van der Waals surface area contributed by atoms with Crippen molar-refractivity contribution >= 4 is 33.5 Å². The number of carbonyl (C=O) groups excluding carboxylic acids is 2. The molecule has 2 unspecified atom stereocenters. The van der Waals surface area contributed by atoms with Crippen molar-refractivity contribution in [2.24, 2.45) is 0 Å². The number of ether oxygens (including phenoxy) is 6. The molecule has 0 N–H and O–H groups in total. The monoisotopic (exact) mass is 708 g/mol. The van der Waals surface area contributed by atoms with Gasteiger partial charge in [-0.25, -0.2) is 0 Å². The number of carbonyl (C=O) groups is 2. The van der Waals surface area contributed by atoms with Gasteiger partial charge in [-0.2, -0.15) is 0 Å². The number of fused-ring (bicyclic) bond motifs is 2. The number of hydrogen-bond donors (Lipinski definition) is 0. The molecular weight excluding hydrogens is 644 g/mol. The van der Waals surface area contributed by atoms with E-state index in [-0.39, 0.29) is 38.4 Å². The van der Waals surface area contributed by atoms with Crippen molar-refractivity contribution in [3.63, 3.8) is 0 Å². The predicted molar refractivity (Wildman–Crippen MR) is 206 cm³/mol. The van der Waals surface area contributed by atoms with Crippen LogP contribution in [0.3, 0.4) is 0 Å². The van der Waals surface area contributed by atoms with E-state index in [9.17, 15) is 9.59 Å². The number of esters is 2. The van der Waals surface area contributed by atoms with Gasteiger partial charge in [-0.15, -0.1) is 0 Å². The zero-order chi connectivity index (χ0) is 36.7. The Bertz CT molecular complexity index is 1440. The first-order valence-corrected chi connectivity index (χ1v) is 19.7. The van der Waals surface area contributed by atoms with Crippen LogP contribution in [-0.4, -0.2) is 63.8 Å². The van der Waals surface area contributed by atoms with E-state index >= 15 is 0 Å². The number of rotatable bonds is 28. The predicted octanol–water partition coefficient (Wildman–Crippen LogP) is 10.5. The normalized spacial score (nSPS) is 12.6. The van der Waals surface area contributed by atoms with Gasteiger partial charge in [-0.1, -0.05) is 121 Å². The van der Waals surface area contributed by atoms with Gasteiger partial charge in [0.15, 0.2) is 12.2 Å². The van der Waals surface area contributed by atoms with Crippen LogP contribution in [0.4, 0.5) is 0 Å². The molecule has 0 radical (unpaired) electrons. The summed E-state index contributed by atoms with van der Waals surface area (Å²) < 4.78 is 36.9. The van der Waals surface area contributed by atoms with Crippen LogP contribution in [0.1, 0.15) is 123 Å². The summed E-state index contributed by atoms with van der Waals surface area (Å²) in [5.74, 6) is 0.960. The highest BCUT2D eigenvalue weighted by atomic mass is 16.6. The summed E-state index contributed by atoms with van der Waals surface area (Å²) in [7, 11) is 0. The second-order valence-electron chi connectivity index (χ2n) is 13.6. The topological polar surface area (TPSA) is 89.5 Å². The minimum atomic E-state index is -0.541. The highest BCUT2D eigenvalue weighted by molar-refractivity contribution is 6.11. The lowest BCUT2D eigenvalue weighted by atomic mass is 9.99. The first kappa shape index (κ1) is 42.1. The fourth-order valence-electron chi connectivity index (χ4n) is 5.91. The molecule has 3 rings (SSSR count). The van der Waals surface area contributed by atoms with Gasteiger partial charge in [0, 0.05) is 47.6 Å². The molecule has 0 aliphatic carbocycles. The molecule has 0 aromatic heterocycles. The van der Waals surface area contributed by atoms with Crippen LogP contribution >= 0.6 is 0 Å². The standard InChI is InChI=1S/C43H64O8/c1-6-10-14-16-22-40(44)50-34(29-46-26-12-8-3)31-48-42-36-20-18-19-21-37(36)43(39-28-33(5)24-25-38(39)42)49-32-35(30-47-27-13-9-4)51-41(45)23-17-15-11-7-2/h18-21,24-25,28,34-35H,6-17,22-23,26-27,29-32H2,1-5H3. The molecule has 3 aromatic rings. The Balaban J connectivity index is 1.87. The minimum absolute atomic E-state index is 0.158. The fraction of sp³-hybridized carbons (Fsp3) is 0.628. The molecule has 2 atom stereocenters. The number of aryl methyl sites for hydroxylation is 1. The number of unbranched alkanes of at least 4 members (excludes halogenated alkanes) is 8. The van der Waals surface area contributed by atoms with Crippen LogP contribution in [0, 0.1) is 6.92 Å². The summed E-state index contributed by atoms with van der Waals surface area (Å²) in [6.07, 6.45) is 11.7. The molecule has 0 aliphatic rings. The molecule has 51 heavy (non-hydrogen) atoms. The molecule has 0 aliphatic heterocycles. The fourth-order valence-corrected chi connectivity index (χ4v) is 5.91. The Hall–Kier alpha value is -3.36. The van der Waals surface area contributed by atoms with E-state index in [1.807, 2.05) is 37.3 Å². The first-order chi connectivity index (χ1) is 24.9. The maximum atomic E-state index is 12.8. The van der Waals surface area contributed by atoms with Crippen LogP contribution in [-0.2, 0) is 28.5 Å². The highest BCUT2D eigenvalue weighted by Gasteiger charge is 2.22. The van der Waals surface area contributed by atoms with E-state index in [1.54, 1.807) is 0 Å². The average molecular weight is 709 g/mol. The zero-order valence-corrected chi connectivity index (χ0v) is 32.1. The van der Waals surface area contributed by atoms with Crippen molar-refractivity contribution in [1.82, 2.24) is 0 Å². The molecule has 0 saturated carbocycles. The van der Waals surface area contributed by atoms with Gasteiger partial charge in [-0.05, 0) is 38.7 Å². The summed E-state index contributed by atoms with van der Waals surface area (Å²) >= 11 is 0. The third-order valence-corrected chi connectivity index (χ3v) is 8.86. The average Bonchev–Trinajstić information content (AvgIpc) is 3.13. The van der Waals surface area contributed by atoms with Crippen molar-refractivity contribution < 1.29 is 38.0 Å². The molecule has 0 bridgehead atoms. The van der Waals surface area contributed by atoms with Crippen LogP contribution < -0.4 is 9.47 Å². The lowest BCUT2D eigenvalue weighted by molar-refractivity contribution is -0.155. The van der Waals surface area contributed by atoms with E-state index in [1.165, 1.54) is 0 Å². The number of benzene rings is 3. The molecule has 8 nitrogen and oxygen atoms in total. The van der Waals surface area contributed by atoms with Crippen molar-refractivity contribution in [1.29, 1.82) is 0 Å². The Morgan fingerprint density at radius 3 is 1.45 bits per heavy atom. The third kappa shape index (κ3) is 15.0. The van der Waals surface area contributed by atoms with Crippen LogP contribution in [0.15, 0.2) is 42.5 Å². The van der Waals surface area contributed by atoms with Gasteiger partial charge in [0.05, 0.1) is 13.2 Å². The van der Waals surface area contributed by atoms with Crippen LogP contribution in [0.2, 0.25) is 0 Å². The summed E-state index contributed by atoms with van der Waals surface area (Å²) in [5, 5.41) is 3.54. The van der Waals surface area contributed by atoms with Crippen molar-refractivity contribution in [3.05, 3.63) is 48.0 Å². The van der Waals surface area contributed by atoms with E-state index in [0.29, 0.717) is 37.6 Å². The zero-order valence-electron chi connectivity index (χ0n) is 32.1. The third-order valence-electron chi connectivity index (χ3n) is 8.86. The summed E-state index contributed by atoms with van der Waals surface area (Å²) in [5.41, 5.74) is 1.07. The van der Waals surface area contributed by atoms with Crippen LogP contribution in [0.25, 0.3) is 21.5 Å². The molecule has 0 saturated heterocycles. The molecule has 8 heteroatoms. The number of hydrogen-bond acceptors (Lipinski definition) is 8. The molecule has 0 amide bonds. The molecule has 3 aromatic carbocycles. The Labute approximate surface area is 306 Å². The first-order valence-electron chi connectivity index (χ1n) is 19.7. The van der Waals surface area contributed by atoms with Gasteiger partial charge < -0.3 is 28.4 Å². The summed E-state index contributed by atoms with van der Waals surface area (Å²) in [6.45, 7) is 12.7. The molecule has 0 fully saturated rings. The van der Waals surface area contributed by atoms with Crippen molar-refractivity contribution in [3.8, 4) is 11.5 Å². The maximum Gasteiger partial charge on any atom is 0.306 e.